The van der Waals surface area contributed by atoms with Crippen molar-refractivity contribution in [3.8, 4) is 0 Å². The van der Waals surface area contributed by atoms with Crippen LogP contribution in [0.1, 0.15) is 17.2 Å². The van der Waals surface area contributed by atoms with Gasteiger partial charge in [0.2, 0.25) is 0 Å². The van der Waals surface area contributed by atoms with E-state index in [1.807, 2.05) is 43.3 Å². The number of rotatable bonds is 7. The molecular formula is C19H22N2O4. The SMILES string of the molecule is CN(C)c1ccc(CNC(=O)COC(=O)[C@H](O)c2ccccc2)cc1. The Bertz CT molecular complexity index is 699. The van der Waals surface area contributed by atoms with Crippen molar-refractivity contribution in [1.29, 1.82) is 0 Å². The fourth-order valence-corrected chi connectivity index (χ4v) is 2.15. The minimum absolute atomic E-state index is 0.339. The molecule has 0 aliphatic carbocycles. The zero-order chi connectivity index (χ0) is 18.2. The average Bonchev–Trinajstić information content (AvgIpc) is 2.64. The number of nitrogens with zero attached hydrogens (tertiary/aromatic N) is 1. The van der Waals surface area contributed by atoms with Crippen molar-refractivity contribution in [3.05, 3.63) is 65.7 Å². The summed E-state index contributed by atoms with van der Waals surface area (Å²) in [5.74, 6) is -1.28. The number of anilines is 1. The lowest BCUT2D eigenvalue weighted by Crippen LogP contribution is -2.29. The van der Waals surface area contributed by atoms with E-state index in [2.05, 4.69) is 5.32 Å². The molecule has 2 N–H and O–H groups in total. The summed E-state index contributed by atoms with van der Waals surface area (Å²) in [4.78, 5) is 25.5. The third kappa shape index (κ3) is 5.61. The van der Waals surface area contributed by atoms with Gasteiger partial charge in [0.25, 0.3) is 5.91 Å². The van der Waals surface area contributed by atoms with E-state index in [9.17, 15) is 14.7 Å². The molecule has 0 fully saturated rings. The number of benzene rings is 2. The molecule has 0 aromatic heterocycles. The average molecular weight is 342 g/mol. The Morgan fingerprint density at radius 1 is 1.08 bits per heavy atom. The van der Waals surface area contributed by atoms with Crippen LogP contribution in [0.3, 0.4) is 0 Å². The summed E-state index contributed by atoms with van der Waals surface area (Å²) >= 11 is 0. The molecule has 2 aromatic rings. The van der Waals surface area contributed by atoms with E-state index in [1.54, 1.807) is 30.3 Å². The molecule has 6 heteroatoms. The molecule has 0 spiro atoms. The summed E-state index contributed by atoms with van der Waals surface area (Å²) in [6.45, 7) is -0.0934. The van der Waals surface area contributed by atoms with Crippen molar-refractivity contribution in [2.24, 2.45) is 0 Å². The monoisotopic (exact) mass is 342 g/mol. The van der Waals surface area contributed by atoms with Crippen LogP contribution in [0.25, 0.3) is 0 Å². The Kier molecular flexibility index (Phi) is 6.54. The molecule has 0 radical (unpaired) electrons. The highest BCUT2D eigenvalue weighted by Crippen LogP contribution is 2.14. The van der Waals surface area contributed by atoms with Gasteiger partial charge in [0.05, 0.1) is 0 Å². The van der Waals surface area contributed by atoms with Gasteiger partial charge in [-0.15, -0.1) is 0 Å². The first-order chi connectivity index (χ1) is 12.0. The molecule has 0 saturated carbocycles. The molecule has 0 heterocycles. The zero-order valence-corrected chi connectivity index (χ0v) is 14.3. The summed E-state index contributed by atoms with van der Waals surface area (Å²) in [6, 6.07) is 16.2. The van der Waals surface area contributed by atoms with E-state index < -0.39 is 24.6 Å². The molecule has 0 aliphatic heterocycles. The molecule has 2 rings (SSSR count). The van der Waals surface area contributed by atoms with Gasteiger partial charge in [0, 0.05) is 26.3 Å². The number of aliphatic hydroxyl groups excluding tert-OH is 1. The van der Waals surface area contributed by atoms with Crippen LogP contribution in [-0.2, 0) is 20.9 Å². The van der Waals surface area contributed by atoms with Crippen molar-refractivity contribution in [2.45, 2.75) is 12.6 Å². The van der Waals surface area contributed by atoms with E-state index in [-0.39, 0.29) is 0 Å². The molecule has 0 unspecified atom stereocenters. The normalized spacial score (nSPS) is 11.5. The summed E-state index contributed by atoms with van der Waals surface area (Å²) in [6.07, 6.45) is -1.40. The Morgan fingerprint density at radius 2 is 1.72 bits per heavy atom. The third-order valence-corrected chi connectivity index (χ3v) is 3.63. The summed E-state index contributed by atoms with van der Waals surface area (Å²) in [5, 5.41) is 12.5. The maximum absolute atomic E-state index is 11.8. The second kappa shape index (κ2) is 8.84. The van der Waals surface area contributed by atoms with Gasteiger partial charge in [-0.25, -0.2) is 4.79 Å². The topological polar surface area (TPSA) is 78.9 Å². The Hall–Kier alpha value is -2.86. The number of hydrogen-bond donors (Lipinski definition) is 2. The lowest BCUT2D eigenvalue weighted by molar-refractivity contribution is -0.157. The molecule has 1 atom stereocenters. The van der Waals surface area contributed by atoms with Crippen LogP contribution in [0.15, 0.2) is 54.6 Å². The van der Waals surface area contributed by atoms with Crippen molar-refractivity contribution >= 4 is 17.6 Å². The fourth-order valence-electron chi connectivity index (χ4n) is 2.15. The van der Waals surface area contributed by atoms with Gasteiger partial charge in [-0.05, 0) is 23.3 Å². The number of carbonyl (C=O) groups is 2. The fraction of sp³-hybridized carbons (Fsp3) is 0.263. The van der Waals surface area contributed by atoms with Gasteiger partial charge in [0.15, 0.2) is 12.7 Å². The first-order valence-electron chi connectivity index (χ1n) is 7.90. The van der Waals surface area contributed by atoms with Crippen molar-refractivity contribution in [3.63, 3.8) is 0 Å². The Balaban J connectivity index is 1.76. The predicted molar refractivity (Wildman–Crippen MR) is 95.0 cm³/mol. The molecule has 0 aliphatic rings. The second-order valence-electron chi connectivity index (χ2n) is 5.76. The highest BCUT2D eigenvalue weighted by Gasteiger charge is 2.19. The molecule has 2 aromatic carbocycles. The molecule has 0 bridgehead atoms. The van der Waals surface area contributed by atoms with Crippen LogP contribution in [-0.4, -0.2) is 37.7 Å². The lowest BCUT2D eigenvalue weighted by atomic mass is 10.1. The maximum Gasteiger partial charge on any atom is 0.340 e. The van der Waals surface area contributed by atoms with E-state index in [4.69, 9.17) is 4.74 Å². The molecule has 25 heavy (non-hydrogen) atoms. The molecule has 0 saturated heterocycles. The molecule has 6 nitrogen and oxygen atoms in total. The minimum Gasteiger partial charge on any atom is -0.453 e. The quantitative estimate of drug-likeness (QED) is 0.748. The third-order valence-electron chi connectivity index (χ3n) is 3.63. The predicted octanol–water partition coefficient (Wildman–Crippen LogP) is 1.65. The van der Waals surface area contributed by atoms with Gasteiger partial charge in [-0.3, -0.25) is 4.79 Å². The first kappa shape index (κ1) is 18.5. The minimum atomic E-state index is -1.40. The Morgan fingerprint density at radius 3 is 2.32 bits per heavy atom. The largest absolute Gasteiger partial charge is 0.453 e. The number of nitrogens with one attached hydrogen (secondary N) is 1. The highest BCUT2D eigenvalue weighted by molar-refractivity contribution is 5.82. The van der Waals surface area contributed by atoms with E-state index in [0.29, 0.717) is 12.1 Å². The number of aliphatic hydroxyl groups is 1. The zero-order valence-electron chi connectivity index (χ0n) is 14.3. The molecule has 1 amide bonds. The summed E-state index contributed by atoms with van der Waals surface area (Å²) < 4.78 is 4.85. The van der Waals surface area contributed by atoms with E-state index in [1.165, 1.54) is 0 Å². The summed E-state index contributed by atoms with van der Waals surface area (Å²) in [5.41, 5.74) is 2.43. The second-order valence-corrected chi connectivity index (χ2v) is 5.76. The van der Waals surface area contributed by atoms with Crippen molar-refractivity contribution in [1.82, 2.24) is 5.32 Å². The van der Waals surface area contributed by atoms with Crippen LogP contribution < -0.4 is 10.2 Å². The van der Waals surface area contributed by atoms with Crippen molar-refractivity contribution in [2.75, 3.05) is 25.6 Å². The number of amides is 1. The van der Waals surface area contributed by atoms with E-state index >= 15 is 0 Å². The van der Waals surface area contributed by atoms with Gasteiger partial charge in [0.1, 0.15) is 0 Å². The maximum atomic E-state index is 11.8. The van der Waals surface area contributed by atoms with Gasteiger partial charge in [-0.1, -0.05) is 42.5 Å². The lowest BCUT2D eigenvalue weighted by Gasteiger charge is -2.13. The van der Waals surface area contributed by atoms with Crippen LogP contribution in [0.2, 0.25) is 0 Å². The van der Waals surface area contributed by atoms with Crippen molar-refractivity contribution < 1.29 is 19.4 Å². The van der Waals surface area contributed by atoms with Crippen LogP contribution in [0.4, 0.5) is 5.69 Å². The number of hydrogen-bond acceptors (Lipinski definition) is 5. The van der Waals surface area contributed by atoms with E-state index in [0.717, 1.165) is 11.3 Å². The Labute approximate surface area is 147 Å². The number of ether oxygens (including phenoxy) is 1. The number of carbonyl (C=O) groups excluding carboxylic acids is 2. The van der Waals surface area contributed by atoms with Gasteiger partial charge < -0.3 is 20.1 Å². The first-order valence-corrected chi connectivity index (χ1v) is 7.90. The van der Waals surface area contributed by atoms with Crippen LogP contribution in [0, 0.1) is 0 Å². The number of esters is 1. The smallest absolute Gasteiger partial charge is 0.340 e. The van der Waals surface area contributed by atoms with Crippen LogP contribution >= 0.6 is 0 Å². The van der Waals surface area contributed by atoms with Gasteiger partial charge in [-0.2, -0.15) is 0 Å². The summed E-state index contributed by atoms with van der Waals surface area (Å²) in [7, 11) is 3.91. The van der Waals surface area contributed by atoms with Crippen LogP contribution in [0.5, 0.6) is 0 Å². The standard InChI is InChI=1S/C19H22N2O4/c1-21(2)16-10-8-14(9-11-16)12-20-17(22)13-25-19(24)18(23)15-6-4-3-5-7-15/h3-11,18,23H,12-13H2,1-2H3,(H,20,22)/t18-/m1/s1. The molecular weight excluding hydrogens is 320 g/mol. The molecule has 132 valence electrons. The van der Waals surface area contributed by atoms with Gasteiger partial charge >= 0.3 is 5.97 Å². The highest BCUT2D eigenvalue weighted by atomic mass is 16.5.